The highest BCUT2D eigenvalue weighted by Crippen LogP contribution is 2.44. The number of rotatable bonds is 6. The molecule has 0 saturated carbocycles. The van der Waals surface area contributed by atoms with Crippen LogP contribution in [0, 0.1) is 0 Å². The maximum Gasteiger partial charge on any atom is 0.239 e. The lowest BCUT2D eigenvalue weighted by Gasteiger charge is -2.39. The van der Waals surface area contributed by atoms with Gasteiger partial charge in [0.05, 0.1) is 13.2 Å². The third-order valence-corrected chi connectivity index (χ3v) is 6.94. The summed E-state index contributed by atoms with van der Waals surface area (Å²) in [6, 6.07) is 5.77. The zero-order chi connectivity index (χ0) is 30.5. The minimum absolute atomic E-state index is 0.0765. The number of phenolic OH excluding ortho intramolecular Hbond substituents is 3. The Hall–Kier alpha value is -3.71. The molecule has 5 rings (SSSR count). The van der Waals surface area contributed by atoms with Crippen molar-refractivity contribution in [2.24, 2.45) is 0 Å². The summed E-state index contributed by atoms with van der Waals surface area (Å²) in [5.74, 6) is -3.50. The third-order valence-electron chi connectivity index (χ3n) is 6.94. The Morgan fingerprint density at radius 3 is 2.10 bits per heavy atom. The number of aliphatic hydroxyl groups is 7. The summed E-state index contributed by atoms with van der Waals surface area (Å²) in [7, 11) is 0. The summed E-state index contributed by atoms with van der Waals surface area (Å²) >= 11 is 0. The number of aromatic hydroxyl groups is 3. The molecule has 0 aliphatic carbocycles. The van der Waals surface area contributed by atoms with Crippen molar-refractivity contribution in [2.75, 3.05) is 13.2 Å². The molecule has 228 valence electrons. The zero-order valence-corrected chi connectivity index (χ0v) is 21.4. The molecular formula is C26H28O16. The Labute approximate surface area is 235 Å². The van der Waals surface area contributed by atoms with E-state index in [2.05, 4.69) is 0 Å². The average molecular weight is 596 g/mol. The van der Waals surface area contributed by atoms with Crippen LogP contribution in [0.4, 0.5) is 0 Å². The van der Waals surface area contributed by atoms with Crippen LogP contribution in [-0.4, -0.2) is 120 Å². The summed E-state index contributed by atoms with van der Waals surface area (Å²) in [4.78, 5) is 13.8. The molecule has 9 atom stereocenters. The normalized spacial score (nSPS) is 31.6. The van der Waals surface area contributed by atoms with Crippen LogP contribution in [0.3, 0.4) is 0 Å². The second-order valence-corrected chi connectivity index (χ2v) is 9.77. The van der Waals surface area contributed by atoms with E-state index in [0.29, 0.717) is 6.07 Å². The standard InChI is InChI=1S/C26H28O16/c27-6-13-16(33)18(35)20(37)26(39-13)42-24-17(34)14-10(29)5-11(30)22(41-25-19(36)15(32)12(31)7-38-25)23(14)40-21(24)8-1-3-9(28)4-2-8/h1-5,12-13,15-16,18-20,25-33,35-37H,6-7H2/t12-,13+,15-,16+,18-,19-,20+,25-,26-/m0/s1. The summed E-state index contributed by atoms with van der Waals surface area (Å²) in [5, 5.41) is 101. The van der Waals surface area contributed by atoms with E-state index in [4.69, 9.17) is 23.4 Å². The van der Waals surface area contributed by atoms with E-state index < -0.39 is 114 Å². The lowest BCUT2D eigenvalue weighted by atomic mass is 9.99. The van der Waals surface area contributed by atoms with Crippen molar-refractivity contribution in [2.45, 2.75) is 55.3 Å². The van der Waals surface area contributed by atoms with Gasteiger partial charge in [0.2, 0.25) is 29.5 Å². The maximum absolute atomic E-state index is 13.8. The lowest BCUT2D eigenvalue weighted by molar-refractivity contribution is -0.277. The van der Waals surface area contributed by atoms with E-state index in [9.17, 15) is 55.9 Å². The van der Waals surface area contributed by atoms with E-state index in [1.165, 1.54) is 24.3 Å². The molecule has 16 heteroatoms. The van der Waals surface area contributed by atoms with Gasteiger partial charge < -0.3 is 74.4 Å². The number of benzene rings is 2. The molecule has 2 aliphatic rings. The Morgan fingerprint density at radius 1 is 0.786 bits per heavy atom. The van der Waals surface area contributed by atoms with Gasteiger partial charge in [-0.05, 0) is 24.3 Å². The zero-order valence-electron chi connectivity index (χ0n) is 21.4. The van der Waals surface area contributed by atoms with Gasteiger partial charge in [-0.1, -0.05) is 0 Å². The highest BCUT2D eigenvalue weighted by atomic mass is 16.7. The molecule has 3 aromatic rings. The molecule has 2 aromatic carbocycles. The van der Waals surface area contributed by atoms with Crippen molar-refractivity contribution in [3.63, 3.8) is 0 Å². The lowest BCUT2D eigenvalue weighted by Crippen LogP contribution is -2.60. The van der Waals surface area contributed by atoms with Crippen molar-refractivity contribution < 1.29 is 74.4 Å². The summed E-state index contributed by atoms with van der Waals surface area (Å²) in [6.07, 6.45) is -15.3. The molecule has 2 saturated heterocycles. The van der Waals surface area contributed by atoms with Crippen LogP contribution in [0.15, 0.2) is 39.5 Å². The minimum Gasteiger partial charge on any atom is -0.508 e. The summed E-state index contributed by atoms with van der Waals surface area (Å²) in [6.45, 7) is -1.25. The number of hydrogen-bond donors (Lipinski definition) is 10. The highest BCUT2D eigenvalue weighted by Gasteiger charge is 2.46. The summed E-state index contributed by atoms with van der Waals surface area (Å²) in [5.41, 5.74) is -1.62. The van der Waals surface area contributed by atoms with Gasteiger partial charge in [-0.15, -0.1) is 0 Å². The number of hydrogen-bond acceptors (Lipinski definition) is 16. The van der Waals surface area contributed by atoms with Gasteiger partial charge in [0, 0.05) is 11.6 Å². The van der Waals surface area contributed by atoms with Gasteiger partial charge in [0.1, 0.15) is 59.6 Å². The molecule has 2 aliphatic heterocycles. The molecule has 0 amide bonds. The first-order chi connectivity index (χ1) is 19.9. The van der Waals surface area contributed by atoms with Crippen molar-refractivity contribution in [1.82, 2.24) is 0 Å². The van der Waals surface area contributed by atoms with Crippen LogP contribution in [0.5, 0.6) is 28.7 Å². The molecule has 0 spiro atoms. The SMILES string of the molecule is O=c1c(O[C@@H]2O[C@H](CO)[C@@H](O)[C@H](O)[C@H]2O)c(-c2ccc(O)cc2)oc2c(O[C@@H]3OC[C@H](O)[C@H](O)[C@@H]3O)c(O)cc(O)c12. The van der Waals surface area contributed by atoms with Crippen molar-refractivity contribution in [3.8, 4) is 40.1 Å². The number of ether oxygens (including phenoxy) is 4. The van der Waals surface area contributed by atoms with Crippen LogP contribution in [0.1, 0.15) is 0 Å². The molecule has 16 nitrogen and oxygen atoms in total. The topological polar surface area (TPSA) is 269 Å². The highest BCUT2D eigenvalue weighted by molar-refractivity contribution is 5.93. The second-order valence-electron chi connectivity index (χ2n) is 9.77. The number of fused-ring (bicyclic) bond motifs is 1. The van der Waals surface area contributed by atoms with E-state index in [1.807, 2.05) is 0 Å². The van der Waals surface area contributed by atoms with E-state index in [1.54, 1.807) is 0 Å². The second kappa shape index (κ2) is 11.5. The molecule has 2 fully saturated rings. The van der Waals surface area contributed by atoms with Gasteiger partial charge in [-0.25, -0.2) is 0 Å². The molecule has 0 radical (unpaired) electrons. The van der Waals surface area contributed by atoms with E-state index in [-0.39, 0.29) is 11.3 Å². The van der Waals surface area contributed by atoms with Crippen LogP contribution < -0.4 is 14.9 Å². The fourth-order valence-electron chi connectivity index (χ4n) is 4.60. The first kappa shape index (κ1) is 29.8. The van der Waals surface area contributed by atoms with Gasteiger partial charge >= 0.3 is 0 Å². The fraction of sp³-hybridized carbons (Fsp3) is 0.423. The smallest absolute Gasteiger partial charge is 0.239 e. The Bertz CT molecular complexity index is 1490. The summed E-state index contributed by atoms with van der Waals surface area (Å²) < 4.78 is 27.6. The molecule has 3 heterocycles. The number of phenols is 3. The molecule has 0 unspecified atom stereocenters. The van der Waals surface area contributed by atoms with Crippen LogP contribution in [0.25, 0.3) is 22.3 Å². The Balaban J connectivity index is 1.67. The van der Waals surface area contributed by atoms with Gasteiger partial charge in [-0.3, -0.25) is 4.79 Å². The van der Waals surface area contributed by atoms with Crippen molar-refractivity contribution in [1.29, 1.82) is 0 Å². The predicted octanol–water partition coefficient (Wildman–Crippen LogP) is -2.43. The van der Waals surface area contributed by atoms with Crippen LogP contribution >= 0.6 is 0 Å². The Morgan fingerprint density at radius 2 is 1.43 bits per heavy atom. The quantitative estimate of drug-likeness (QED) is 0.142. The van der Waals surface area contributed by atoms with Crippen molar-refractivity contribution >= 4 is 11.0 Å². The maximum atomic E-state index is 13.8. The van der Waals surface area contributed by atoms with Gasteiger partial charge in [-0.2, -0.15) is 0 Å². The first-order valence-corrected chi connectivity index (χ1v) is 12.6. The largest absolute Gasteiger partial charge is 0.508 e. The van der Waals surface area contributed by atoms with Crippen molar-refractivity contribution in [3.05, 3.63) is 40.6 Å². The predicted molar refractivity (Wildman–Crippen MR) is 136 cm³/mol. The van der Waals surface area contributed by atoms with E-state index in [0.717, 1.165) is 0 Å². The Kier molecular flexibility index (Phi) is 8.17. The third kappa shape index (κ3) is 5.19. The molecule has 10 N–H and O–H groups in total. The van der Waals surface area contributed by atoms with Crippen LogP contribution in [0.2, 0.25) is 0 Å². The monoisotopic (exact) mass is 596 g/mol. The molecule has 42 heavy (non-hydrogen) atoms. The van der Waals surface area contributed by atoms with Gasteiger partial charge in [0.15, 0.2) is 17.1 Å². The minimum atomic E-state index is -1.93. The first-order valence-electron chi connectivity index (χ1n) is 12.6. The van der Waals surface area contributed by atoms with E-state index >= 15 is 0 Å². The fourth-order valence-corrected chi connectivity index (χ4v) is 4.60. The molecule has 1 aromatic heterocycles. The van der Waals surface area contributed by atoms with Crippen LogP contribution in [-0.2, 0) is 9.47 Å². The molecular weight excluding hydrogens is 568 g/mol. The van der Waals surface area contributed by atoms with Gasteiger partial charge in [0.25, 0.3) is 0 Å². The number of aliphatic hydroxyl groups excluding tert-OH is 7. The average Bonchev–Trinajstić information content (AvgIpc) is 2.96. The molecule has 0 bridgehead atoms.